The van der Waals surface area contributed by atoms with Crippen LogP contribution in [0.5, 0.6) is 0 Å². The maximum absolute atomic E-state index is 14.2. The topological polar surface area (TPSA) is 81.7 Å². The smallest absolute Gasteiger partial charge is 0.460 e. The number of carbonyl (C=O) groups is 3. The fourth-order valence-corrected chi connectivity index (χ4v) is 3.62. The number of ether oxygens (including phenoxy) is 2. The highest BCUT2D eigenvalue weighted by Gasteiger charge is 2.91. The van der Waals surface area contributed by atoms with Crippen LogP contribution < -0.4 is 5.32 Å². The van der Waals surface area contributed by atoms with Crippen LogP contribution in [0, 0.1) is 6.92 Å². The number of thiophene rings is 1. The van der Waals surface area contributed by atoms with Gasteiger partial charge >= 0.3 is 53.6 Å². The van der Waals surface area contributed by atoms with Crippen LogP contribution in [0.25, 0.3) is 0 Å². The summed E-state index contributed by atoms with van der Waals surface area (Å²) >= 11 is -0.126. The lowest BCUT2D eigenvalue weighted by Crippen LogP contribution is -2.71. The van der Waals surface area contributed by atoms with Crippen LogP contribution in [0.2, 0.25) is 0 Å². The molecule has 0 aliphatic rings. The van der Waals surface area contributed by atoms with Crippen LogP contribution >= 0.6 is 11.3 Å². The van der Waals surface area contributed by atoms with E-state index in [1.165, 1.54) is 13.8 Å². The Bertz CT molecular complexity index is 1080. The molecule has 20 heteroatoms. The molecule has 1 aromatic heterocycles. The SMILES string of the molecule is CCOC(=O)c1sc(NC(=O)C(F)(F)C(F)(F)C(F)(F)C(F)(F)C(F)(F)C(F)(F)F)c(C(=O)OCC)c1C. The summed E-state index contributed by atoms with van der Waals surface area (Å²) in [5.41, 5.74) is -1.45. The highest BCUT2D eigenvalue weighted by Crippen LogP contribution is 2.60. The van der Waals surface area contributed by atoms with Gasteiger partial charge in [0.25, 0.3) is 0 Å². The number of hydrogen-bond donors (Lipinski definition) is 1. The minimum Gasteiger partial charge on any atom is -0.462 e. The van der Waals surface area contributed by atoms with Crippen molar-refractivity contribution < 1.29 is 80.9 Å². The van der Waals surface area contributed by atoms with E-state index in [9.17, 15) is 71.5 Å². The molecule has 1 heterocycles. The van der Waals surface area contributed by atoms with Gasteiger partial charge in [-0.25, -0.2) is 9.59 Å². The van der Waals surface area contributed by atoms with Crippen molar-refractivity contribution in [3.63, 3.8) is 0 Å². The second-order valence-electron chi connectivity index (χ2n) is 7.03. The van der Waals surface area contributed by atoms with Crippen molar-refractivity contribution in [1.82, 2.24) is 0 Å². The van der Waals surface area contributed by atoms with Crippen molar-refractivity contribution in [2.24, 2.45) is 0 Å². The van der Waals surface area contributed by atoms with Crippen LogP contribution in [0.3, 0.4) is 0 Å². The molecule has 0 bridgehead atoms. The Balaban J connectivity index is 3.62. The summed E-state index contributed by atoms with van der Waals surface area (Å²) < 4.78 is 182. The molecule has 1 amide bonds. The van der Waals surface area contributed by atoms with Gasteiger partial charge in [0.15, 0.2) is 0 Å². The molecule has 0 aliphatic carbocycles. The largest absolute Gasteiger partial charge is 0.462 e. The average molecular weight is 603 g/mol. The third-order valence-electron chi connectivity index (χ3n) is 4.53. The van der Waals surface area contributed by atoms with E-state index >= 15 is 0 Å². The van der Waals surface area contributed by atoms with Gasteiger partial charge in [0.05, 0.1) is 18.8 Å². The molecule has 1 N–H and O–H groups in total. The van der Waals surface area contributed by atoms with E-state index in [1.54, 1.807) is 0 Å². The first-order valence-electron chi connectivity index (χ1n) is 9.63. The molecular weight excluding hydrogens is 589 g/mol. The van der Waals surface area contributed by atoms with Crippen molar-refractivity contribution in [1.29, 1.82) is 0 Å². The van der Waals surface area contributed by atoms with Gasteiger partial charge in [-0.2, -0.15) is 57.1 Å². The van der Waals surface area contributed by atoms with Crippen molar-refractivity contribution in [3.8, 4) is 0 Å². The second kappa shape index (κ2) is 10.4. The minimum absolute atomic E-state index is 0.126. The zero-order valence-electron chi connectivity index (χ0n) is 18.8. The zero-order chi connectivity index (χ0) is 30.3. The van der Waals surface area contributed by atoms with Gasteiger partial charge in [0.2, 0.25) is 0 Å². The van der Waals surface area contributed by atoms with Gasteiger partial charge in [-0.1, -0.05) is 0 Å². The quantitative estimate of drug-likeness (QED) is 0.259. The third kappa shape index (κ3) is 5.09. The predicted molar refractivity (Wildman–Crippen MR) is 100 cm³/mol. The van der Waals surface area contributed by atoms with Gasteiger partial charge in [-0.15, -0.1) is 11.3 Å². The molecule has 0 aliphatic heterocycles. The zero-order valence-corrected chi connectivity index (χ0v) is 19.6. The monoisotopic (exact) mass is 603 g/mol. The molecular formula is C18H14F13NO5S. The number of carbonyl (C=O) groups excluding carboxylic acids is 3. The Morgan fingerprint density at radius 3 is 1.55 bits per heavy atom. The van der Waals surface area contributed by atoms with E-state index in [1.807, 2.05) is 0 Å². The molecule has 0 atom stereocenters. The third-order valence-corrected chi connectivity index (χ3v) is 5.72. The van der Waals surface area contributed by atoms with E-state index in [4.69, 9.17) is 0 Å². The number of halogens is 13. The molecule has 0 fully saturated rings. The number of esters is 2. The van der Waals surface area contributed by atoms with Gasteiger partial charge in [0.1, 0.15) is 9.88 Å². The summed E-state index contributed by atoms with van der Waals surface area (Å²) in [6.45, 7) is 2.70. The summed E-state index contributed by atoms with van der Waals surface area (Å²) in [4.78, 5) is 35.3. The summed E-state index contributed by atoms with van der Waals surface area (Å²) in [7, 11) is 0. The molecule has 0 unspecified atom stereocenters. The average Bonchev–Trinajstić information content (AvgIpc) is 3.08. The molecule has 0 saturated heterocycles. The molecule has 0 aromatic carbocycles. The minimum atomic E-state index is -8.20. The lowest BCUT2D eigenvalue weighted by atomic mass is 9.93. The molecule has 1 rings (SSSR count). The Morgan fingerprint density at radius 1 is 0.711 bits per heavy atom. The van der Waals surface area contributed by atoms with Crippen molar-refractivity contribution in [2.45, 2.75) is 56.6 Å². The number of hydrogen-bond acceptors (Lipinski definition) is 6. The number of amides is 1. The van der Waals surface area contributed by atoms with Gasteiger partial charge < -0.3 is 14.8 Å². The van der Waals surface area contributed by atoms with Crippen LogP contribution in [0.15, 0.2) is 0 Å². The molecule has 1 aromatic rings. The normalized spacial score (nSPS) is 13.8. The van der Waals surface area contributed by atoms with E-state index < -0.39 is 81.2 Å². The Morgan fingerprint density at radius 2 is 1.13 bits per heavy atom. The number of rotatable bonds is 10. The second-order valence-corrected chi connectivity index (χ2v) is 8.05. The first-order valence-corrected chi connectivity index (χ1v) is 10.4. The summed E-state index contributed by atoms with van der Waals surface area (Å²) in [5.74, 6) is -45.8. The van der Waals surface area contributed by atoms with Crippen molar-refractivity contribution >= 4 is 34.2 Å². The fraction of sp³-hybridized carbons (Fsp3) is 0.611. The molecule has 6 nitrogen and oxygen atoms in total. The highest BCUT2D eigenvalue weighted by molar-refractivity contribution is 7.18. The van der Waals surface area contributed by atoms with Crippen molar-refractivity contribution in [3.05, 3.63) is 16.0 Å². The predicted octanol–water partition coefficient (Wildman–Crippen LogP) is 6.09. The van der Waals surface area contributed by atoms with E-state index in [-0.39, 0.29) is 17.9 Å². The highest BCUT2D eigenvalue weighted by atomic mass is 32.1. The van der Waals surface area contributed by atoms with Crippen LogP contribution in [-0.4, -0.2) is 66.8 Å². The number of nitrogens with one attached hydrogen (secondary N) is 1. The molecule has 218 valence electrons. The van der Waals surface area contributed by atoms with Crippen LogP contribution in [0.4, 0.5) is 62.1 Å². The molecule has 0 spiro atoms. The Kier molecular flexibility index (Phi) is 9.10. The first-order chi connectivity index (χ1) is 16.9. The molecule has 0 saturated carbocycles. The summed E-state index contributed by atoms with van der Waals surface area (Å²) in [6, 6.07) is 0. The van der Waals surface area contributed by atoms with Gasteiger partial charge in [-0.05, 0) is 26.3 Å². The van der Waals surface area contributed by atoms with Gasteiger partial charge in [0, 0.05) is 0 Å². The summed E-state index contributed by atoms with van der Waals surface area (Å²) in [6.07, 6.45) is -7.61. The fourth-order valence-electron chi connectivity index (χ4n) is 2.54. The van der Waals surface area contributed by atoms with E-state index in [2.05, 4.69) is 9.47 Å². The van der Waals surface area contributed by atoms with Crippen LogP contribution in [0.1, 0.15) is 39.4 Å². The van der Waals surface area contributed by atoms with Crippen molar-refractivity contribution in [2.75, 3.05) is 18.5 Å². The summed E-state index contributed by atoms with van der Waals surface area (Å²) in [5, 5.41) is -0.464. The maximum Gasteiger partial charge on any atom is 0.460 e. The van der Waals surface area contributed by atoms with E-state index in [0.29, 0.717) is 0 Å². The Labute approximate surface area is 207 Å². The standard InChI is InChI=1S/C18H14F13NO5S/c1-4-36-10(33)7-6(3)8(11(34)37-5-2)38-9(7)32-12(35)13(19,20)14(21,22)15(23,24)16(25,26)17(27,28)18(29,30)31/h4-5H2,1-3H3,(H,32,35). The lowest BCUT2D eigenvalue weighted by molar-refractivity contribution is -0.435. The van der Waals surface area contributed by atoms with Crippen LogP contribution in [-0.2, 0) is 14.3 Å². The Hall–Kier alpha value is -2.80. The lowest BCUT2D eigenvalue weighted by Gasteiger charge is -2.39. The van der Waals surface area contributed by atoms with E-state index in [0.717, 1.165) is 12.2 Å². The molecule has 0 radical (unpaired) electrons. The number of anilines is 1. The maximum atomic E-state index is 14.2. The van der Waals surface area contributed by atoms with Gasteiger partial charge in [-0.3, -0.25) is 4.79 Å². The number of alkyl halides is 13. The first kappa shape index (κ1) is 33.2. The molecule has 38 heavy (non-hydrogen) atoms.